The van der Waals surface area contributed by atoms with Crippen LogP contribution >= 0.6 is 0 Å². The molecule has 0 heterocycles. The van der Waals surface area contributed by atoms with E-state index in [0.29, 0.717) is 11.1 Å². The molecule has 4 heteroatoms. The molecule has 2 rings (SSSR count). The predicted octanol–water partition coefficient (Wildman–Crippen LogP) is 2.89. The van der Waals surface area contributed by atoms with Gasteiger partial charge in [-0.1, -0.05) is 30.3 Å². The highest BCUT2D eigenvalue weighted by Crippen LogP contribution is 2.20. The van der Waals surface area contributed by atoms with Crippen LogP contribution in [0.2, 0.25) is 0 Å². The highest BCUT2D eigenvalue weighted by molar-refractivity contribution is 5.89. The van der Waals surface area contributed by atoms with Crippen LogP contribution in [0.15, 0.2) is 48.5 Å². The zero-order valence-electron chi connectivity index (χ0n) is 12.1. The number of carbonyl (C=O) groups is 1. The average Bonchev–Trinajstić information content (AvgIpc) is 2.53. The number of para-hydroxylation sites is 1. The molecule has 21 heavy (non-hydrogen) atoms. The molecule has 110 valence electrons. The van der Waals surface area contributed by atoms with Crippen LogP contribution in [-0.4, -0.2) is 24.8 Å². The Morgan fingerprint density at radius 1 is 1.19 bits per heavy atom. The molecule has 0 radical (unpaired) electrons. The summed E-state index contributed by atoms with van der Waals surface area (Å²) in [7, 11) is 1.33. The van der Waals surface area contributed by atoms with E-state index in [4.69, 9.17) is 4.74 Å². The summed E-state index contributed by atoms with van der Waals surface area (Å²) < 4.78 is 10.3. The summed E-state index contributed by atoms with van der Waals surface area (Å²) in [6, 6.07) is 14.3. The maximum absolute atomic E-state index is 11.5. The molecule has 2 aromatic rings. The van der Waals surface area contributed by atoms with Gasteiger partial charge in [-0.2, -0.15) is 0 Å². The van der Waals surface area contributed by atoms with Gasteiger partial charge in [0.05, 0.1) is 12.7 Å². The fraction of sp³-hybridized carbons (Fsp3) is 0.235. The summed E-state index contributed by atoms with van der Waals surface area (Å²) in [6.07, 6.45) is -0.811. The number of ether oxygens (including phenoxy) is 2. The van der Waals surface area contributed by atoms with Crippen LogP contribution in [-0.2, 0) is 4.74 Å². The van der Waals surface area contributed by atoms with Gasteiger partial charge in [0.25, 0.3) is 0 Å². The molecular formula is C17H18O4. The van der Waals surface area contributed by atoms with E-state index in [0.717, 1.165) is 11.3 Å². The molecule has 0 spiro atoms. The van der Waals surface area contributed by atoms with Crippen molar-refractivity contribution in [1.82, 2.24) is 0 Å². The first-order chi connectivity index (χ1) is 10.1. The number of aliphatic hydroxyl groups is 1. The first kappa shape index (κ1) is 15.1. The van der Waals surface area contributed by atoms with Gasteiger partial charge in [-0.25, -0.2) is 4.79 Å². The van der Waals surface area contributed by atoms with E-state index >= 15 is 0 Å². The van der Waals surface area contributed by atoms with Crippen molar-refractivity contribution < 1.29 is 19.4 Å². The maximum atomic E-state index is 11.5. The van der Waals surface area contributed by atoms with Crippen molar-refractivity contribution in [1.29, 1.82) is 0 Å². The number of carbonyl (C=O) groups excluding carboxylic acids is 1. The van der Waals surface area contributed by atoms with Crippen LogP contribution in [0, 0.1) is 6.92 Å². The van der Waals surface area contributed by atoms with E-state index in [2.05, 4.69) is 4.74 Å². The van der Waals surface area contributed by atoms with Crippen molar-refractivity contribution in [2.75, 3.05) is 13.7 Å². The zero-order chi connectivity index (χ0) is 15.2. The number of rotatable bonds is 5. The fourth-order valence-electron chi connectivity index (χ4n) is 1.97. The average molecular weight is 286 g/mol. The van der Waals surface area contributed by atoms with Gasteiger partial charge in [-0.3, -0.25) is 0 Å². The van der Waals surface area contributed by atoms with Crippen molar-refractivity contribution in [3.63, 3.8) is 0 Å². The third kappa shape index (κ3) is 3.83. The van der Waals surface area contributed by atoms with Crippen molar-refractivity contribution in [3.8, 4) is 5.75 Å². The molecule has 0 bridgehead atoms. The van der Waals surface area contributed by atoms with Crippen LogP contribution in [0.1, 0.15) is 27.6 Å². The Balaban J connectivity index is 2.05. The second kappa shape index (κ2) is 6.90. The smallest absolute Gasteiger partial charge is 0.337 e. The molecule has 0 aliphatic carbocycles. The molecule has 0 aliphatic rings. The summed E-state index contributed by atoms with van der Waals surface area (Å²) in [4.78, 5) is 11.5. The van der Waals surface area contributed by atoms with Crippen molar-refractivity contribution >= 4 is 5.97 Å². The number of methoxy groups -OCH3 is 1. The highest BCUT2D eigenvalue weighted by atomic mass is 16.5. The number of aliphatic hydroxyl groups excluding tert-OH is 1. The van der Waals surface area contributed by atoms with E-state index in [1.54, 1.807) is 24.3 Å². The van der Waals surface area contributed by atoms with Gasteiger partial charge in [-0.15, -0.1) is 0 Å². The molecule has 0 amide bonds. The topological polar surface area (TPSA) is 55.8 Å². The van der Waals surface area contributed by atoms with Crippen LogP contribution in [0.25, 0.3) is 0 Å². The molecular weight excluding hydrogens is 268 g/mol. The molecule has 0 saturated heterocycles. The first-order valence-electron chi connectivity index (χ1n) is 6.66. The lowest BCUT2D eigenvalue weighted by Crippen LogP contribution is -2.11. The van der Waals surface area contributed by atoms with Gasteiger partial charge in [-0.05, 0) is 36.2 Å². The van der Waals surface area contributed by atoms with Gasteiger partial charge in [0.1, 0.15) is 18.5 Å². The number of aryl methyl sites for hydroxylation is 1. The summed E-state index contributed by atoms with van der Waals surface area (Å²) >= 11 is 0. The lowest BCUT2D eigenvalue weighted by atomic mass is 10.1. The minimum atomic E-state index is -0.811. The lowest BCUT2D eigenvalue weighted by molar-refractivity contribution is 0.0600. The Morgan fingerprint density at radius 3 is 2.67 bits per heavy atom. The van der Waals surface area contributed by atoms with Gasteiger partial charge in [0, 0.05) is 0 Å². The molecule has 0 fully saturated rings. The Morgan fingerprint density at radius 2 is 1.95 bits per heavy atom. The van der Waals surface area contributed by atoms with Crippen molar-refractivity contribution in [3.05, 3.63) is 65.2 Å². The molecule has 2 aromatic carbocycles. The van der Waals surface area contributed by atoms with Crippen molar-refractivity contribution in [2.45, 2.75) is 13.0 Å². The summed E-state index contributed by atoms with van der Waals surface area (Å²) in [5, 5.41) is 10.2. The van der Waals surface area contributed by atoms with Crippen LogP contribution in [0.5, 0.6) is 5.75 Å². The quantitative estimate of drug-likeness (QED) is 0.859. The predicted molar refractivity (Wildman–Crippen MR) is 79.4 cm³/mol. The van der Waals surface area contributed by atoms with Gasteiger partial charge < -0.3 is 14.6 Å². The molecule has 0 saturated carbocycles. The van der Waals surface area contributed by atoms with E-state index < -0.39 is 12.1 Å². The molecule has 1 unspecified atom stereocenters. The third-order valence-corrected chi connectivity index (χ3v) is 3.18. The SMILES string of the molecule is COC(=O)c1cccc(C(O)COc2ccccc2C)c1. The number of benzene rings is 2. The summed E-state index contributed by atoms with van der Waals surface area (Å²) in [5.41, 5.74) is 2.03. The number of hydrogen-bond acceptors (Lipinski definition) is 4. The highest BCUT2D eigenvalue weighted by Gasteiger charge is 2.12. The summed E-state index contributed by atoms with van der Waals surface area (Å²) in [6.45, 7) is 2.06. The molecule has 0 aromatic heterocycles. The fourth-order valence-corrected chi connectivity index (χ4v) is 1.97. The second-order valence-corrected chi connectivity index (χ2v) is 4.71. The number of esters is 1. The second-order valence-electron chi connectivity index (χ2n) is 4.71. The largest absolute Gasteiger partial charge is 0.490 e. The lowest BCUT2D eigenvalue weighted by Gasteiger charge is -2.14. The van der Waals surface area contributed by atoms with E-state index in [9.17, 15) is 9.90 Å². The van der Waals surface area contributed by atoms with Crippen LogP contribution in [0.4, 0.5) is 0 Å². The maximum Gasteiger partial charge on any atom is 0.337 e. The zero-order valence-corrected chi connectivity index (χ0v) is 12.1. The standard InChI is InChI=1S/C17H18O4/c1-12-6-3-4-9-16(12)21-11-15(18)13-7-5-8-14(10-13)17(19)20-2/h3-10,15,18H,11H2,1-2H3. The van der Waals surface area contributed by atoms with Crippen molar-refractivity contribution in [2.24, 2.45) is 0 Å². The Labute approximate surface area is 123 Å². The van der Waals surface area contributed by atoms with Gasteiger partial charge in [0.15, 0.2) is 0 Å². The van der Waals surface area contributed by atoms with E-state index in [-0.39, 0.29) is 6.61 Å². The minimum Gasteiger partial charge on any atom is -0.490 e. The van der Waals surface area contributed by atoms with Gasteiger partial charge >= 0.3 is 5.97 Å². The number of hydrogen-bond donors (Lipinski definition) is 1. The molecule has 0 aliphatic heterocycles. The van der Waals surface area contributed by atoms with E-state index in [1.165, 1.54) is 7.11 Å². The molecule has 1 N–H and O–H groups in total. The Hall–Kier alpha value is -2.33. The first-order valence-corrected chi connectivity index (χ1v) is 6.66. The Kier molecular flexibility index (Phi) is 4.95. The van der Waals surface area contributed by atoms with Gasteiger partial charge in [0.2, 0.25) is 0 Å². The monoisotopic (exact) mass is 286 g/mol. The normalized spacial score (nSPS) is 11.8. The molecule has 4 nitrogen and oxygen atoms in total. The third-order valence-electron chi connectivity index (χ3n) is 3.18. The Bertz CT molecular complexity index is 622. The van der Waals surface area contributed by atoms with Crippen LogP contribution < -0.4 is 4.74 Å². The van der Waals surface area contributed by atoms with Crippen LogP contribution in [0.3, 0.4) is 0 Å². The summed E-state index contributed by atoms with van der Waals surface area (Å²) in [5.74, 6) is 0.310. The molecule has 1 atom stereocenters. The van der Waals surface area contributed by atoms with E-state index in [1.807, 2.05) is 31.2 Å². The minimum absolute atomic E-state index is 0.121.